The minimum Gasteiger partial charge on any atom is -0.0843 e. The number of rotatable bonds is 2. The minimum atomic E-state index is 0.145. The van der Waals surface area contributed by atoms with Crippen LogP contribution in [0.5, 0.6) is 0 Å². The van der Waals surface area contributed by atoms with Gasteiger partial charge in [-0.15, -0.1) is 0 Å². The molecule has 17 heavy (non-hydrogen) atoms. The van der Waals surface area contributed by atoms with Crippen molar-refractivity contribution < 1.29 is 0 Å². The summed E-state index contributed by atoms with van der Waals surface area (Å²) in [6, 6.07) is 14.0. The van der Waals surface area contributed by atoms with E-state index in [2.05, 4.69) is 53.9 Å². The van der Waals surface area contributed by atoms with Crippen molar-refractivity contribution in [1.29, 1.82) is 0 Å². The third kappa shape index (κ3) is 3.34. The van der Waals surface area contributed by atoms with Gasteiger partial charge in [-0.2, -0.15) is 0 Å². The molecule has 0 saturated carbocycles. The zero-order chi connectivity index (χ0) is 12.4. The van der Waals surface area contributed by atoms with E-state index in [-0.39, 0.29) is 4.83 Å². The summed E-state index contributed by atoms with van der Waals surface area (Å²) >= 11 is 16.6. The maximum atomic E-state index is 5.89. The third-order valence-electron chi connectivity index (χ3n) is 2.39. The molecule has 1 unspecified atom stereocenters. The maximum Gasteiger partial charge on any atom is 0.0656 e. The predicted octanol–water partition coefficient (Wildman–Crippen LogP) is 6.35. The molecule has 0 aliphatic carbocycles. The molecule has 2 aromatic carbocycles. The number of halogens is 4. The number of hydrogen-bond acceptors (Lipinski definition) is 0. The Morgan fingerprint density at radius 2 is 1.59 bits per heavy atom. The predicted molar refractivity (Wildman–Crippen MR) is 84.1 cm³/mol. The Hall–Kier alpha value is 0.170. The highest BCUT2D eigenvalue weighted by atomic mass is 79.9. The smallest absolute Gasteiger partial charge is 0.0656 e. The summed E-state index contributed by atoms with van der Waals surface area (Å²) in [5.41, 5.74) is 2.36. The Labute approximate surface area is 131 Å². The number of hydrogen-bond donors (Lipinski definition) is 0. The molecular formula is C13H8Br3Cl. The van der Waals surface area contributed by atoms with Crippen LogP contribution in [0.1, 0.15) is 16.0 Å². The van der Waals surface area contributed by atoms with Crippen LogP contribution in [0.2, 0.25) is 5.02 Å². The van der Waals surface area contributed by atoms with Crippen molar-refractivity contribution in [3.05, 3.63) is 67.6 Å². The first-order valence-electron chi connectivity index (χ1n) is 4.92. The van der Waals surface area contributed by atoms with Crippen molar-refractivity contribution in [2.45, 2.75) is 4.83 Å². The molecule has 0 aliphatic rings. The lowest BCUT2D eigenvalue weighted by Crippen LogP contribution is -1.93. The standard InChI is InChI=1S/C13H8Br3Cl/c14-9-3-6-12(15)11(7-9)13(16)8-1-4-10(17)5-2-8/h1-7,13H. The highest BCUT2D eigenvalue weighted by Crippen LogP contribution is 2.37. The second-order valence-electron chi connectivity index (χ2n) is 3.58. The quantitative estimate of drug-likeness (QED) is 0.479. The van der Waals surface area contributed by atoms with E-state index < -0.39 is 0 Å². The van der Waals surface area contributed by atoms with Crippen LogP contribution in [0.4, 0.5) is 0 Å². The highest BCUT2D eigenvalue weighted by Gasteiger charge is 2.13. The van der Waals surface area contributed by atoms with E-state index >= 15 is 0 Å². The Bertz CT molecular complexity index is 523. The van der Waals surface area contributed by atoms with Gasteiger partial charge in [0.1, 0.15) is 0 Å². The van der Waals surface area contributed by atoms with Crippen LogP contribution in [0.3, 0.4) is 0 Å². The second-order valence-corrected chi connectivity index (χ2v) is 6.70. The van der Waals surface area contributed by atoms with Gasteiger partial charge in [0.2, 0.25) is 0 Å². The van der Waals surface area contributed by atoms with E-state index in [1.165, 1.54) is 11.1 Å². The summed E-state index contributed by atoms with van der Waals surface area (Å²) in [4.78, 5) is 0.145. The van der Waals surface area contributed by atoms with Crippen LogP contribution < -0.4 is 0 Å². The Kier molecular flexibility index (Phi) is 4.70. The van der Waals surface area contributed by atoms with Crippen LogP contribution in [0.15, 0.2) is 51.4 Å². The fourth-order valence-electron chi connectivity index (χ4n) is 1.52. The van der Waals surface area contributed by atoms with Crippen LogP contribution in [-0.4, -0.2) is 0 Å². The van der Waals surface area contributed by atoms with E-state index in [0.29, 0.717) is 0 Å². The van der Waals surface area contributed by atoms with Gasteiger partial charge in [0.05, 0.1) is 4.83 Å². The van der Waals surface area contributed by atoms with E-state index in [4.69, 9.17) is 11.6 Å². The van der Waals surface area contributed by atoms with Gasteiger partial charge in [-0.3, -0.25) is 0 Å². The topological polar surface area (TPSA) is 0 Å². The molecule has 0 spiro atoms. The Morgan fingerprint density at radius 3 is 2.24 bits per heavy atom. The average Bonchev–Trinajstić information content (AvgIpc) is 2.32. The van der Waals surface area contributed by atoms with E-state index in [1.54, 1.807) is 0 Å². The molecule has 0 amide bonds. The molecular weight excluding hydrogens is 431 g/mol. The fraction of sp³-hybridized carbons (Fsp3) is 0.0769. The van der Waals surface area contributed by atoms with Crippen LogP contribution in [-0.2, 0) is 0 Å². The summed E-state index contributed by atoms with van der Waals surface area (Å²) < 4.78 is 2.15. The summed E-state index contributed by atoms with van der Waals surface area (Å²) in [5, 5.41) is 0.752. The van der Waals surface area contributed by atoms with Crippen molar-refractivity contribution in [3.63, 3.8) is 0 Å². The number of benzene rings is 2. The monoisotopic (exact) mass is 436 g/mol. The molecule has 0 fully saturated rings. The molecule has 0 bridgehead atoms. The molecule has 0 aromatic heterocycles. The summed E-state index contributed by atoms with van der Waals surface area (Å²) in [6.07, 6.45) is 0. The SMILES string of the molecule is Clc1ccc(C(Br)c2cc(Br)ccc2Br)cc1. The van der Waals surface area contributed by atoms with Gasteiger partial charge in [0.25, 0.3) is 0 Å². The molecule has 0 radical (unpaired) electrons. The van der Waals surface area contributed by atoms with Crippen molar-refractivity contribution in [2.75, 3.05) is 0 Å². The van der Waals surface area contributed by atoms with Gasteiger partial charge in [-0.25, -0.2) is 0 Å². The maximum absolute atomic E-state index is 5.89. The molecule has 0 nitrogen and oxygen atoms in total. The average molecular weight is 439 g/mol. The molecule has 1 atom stereocenters. The molecule has 0 N–H and O–H groups in total. The number of alkyl halides is 1. The van der Waals surface area contributed by atoms with Crippen LogP contribution in [0, 0.1) is 0 Å². The van der Waals surface area contributed by atoms with Gasteiger partial charge in [-0.1, -0.05) is 71.5 Å². The molecule has 0 aliphatic heterocycles. The normalized spacial score (nSPS) is 12.5. The van der Waals surface area contributed by atoms with Crippen molar-refractivity contribution in [1.82, 2.24) is 0 Å². The Morgan fingerprint density at radius 1 is 0.941 bits per heavy atom. The second kappa shape index (κ2) is 5.87. The molecule has 88 valence electrons. The first kappa shape index (κ1) is 13.6. The zero-order valence-electron chi connectivity index (χ0n) is 8.63. The summed E-state index contributed by atoms with van der Waals surface area (Å²) in [5.74, 6) is 0. The largest absolute Gasteiger partial charge is 0.0843 e. The Balaban J connectivity index is 2.39. The summed E-state index contributed by atoms with van der Waals surface area (Å²) in [6.45, 7) is 0. The highest BCUT2D eigenvalue weighted by molar-refractivity contribution is 9.11. The van der Waals surface area contributed by atoms with Crippen molar-refractivity contribution in [2.24, 2.45) is 0 Å². The third-order valence-corrected chi connectivity index (χ3v) is 4.88. The van der Waals surface area contributed by atoms with E-state index in [1.807, 2.05) is 36.4 Å². The van der Waals surface area contributed by atoms with Crippen LogP contribution >= 0.6 is 59.4 Å². The minimum absolute atomic E-state index is 0.145. The lowest BCUT2D eigenvalue weighted by atomic mass is 10.1. The van der Waals surface area contributed by atoms with Gasteiger partial charge < -0.3 is 0 Å². The first-order chi connectivity index (χ1) is 8.08. The molecule has 0 heterocycles. The molecule has 2 rings (SSSR count). The van der Waals surface area contributed by atoms with Gasteiger partial charge in [-0.05, 0) is 41.5 Å². The lowest BCUT2D eigenvalue weighted by molar-refractivity contribution is 1.16. The van der Waals surface area contributed by atoms with E-state index in [9.17, 15) is 0 Å². The molecule has 2 aromatic rings. The zero-order valence-corrected chi connectivity index (χ0v) is 14.1. The fourth-order valence-corrected chi connectivity index (χ4v) is 3.49. The van der Waals surface area contributed by atoms with Gasteiger partial charge in [0.15, 0.2) is 0 Å². The first-order valence-corrected chi connectivity index (χ1v) is 7.80. The lowest BCUT2D eigenvalue weighted by Gasteiger charge is -2.13. The van der Waals surface area contributed by atoms with E-state index in [0.717, 1.165) is 14.0 Å². The molecule has 0 saturated heterocycles. The molecule has 4 heteroatoms. The van der Waals surface area contributed by atoms with Crippen LogP contribution in [0.25, 0.3) is 0 Å². The van der Waals surface area contributed by atoms with Gasteiger partial charge >= 0.3 is 0 Å². The summed E-state index contributed by atoms with van der Waals surface area (Å²) in [7, 11) is 0. The van der Waals surface area contributed by atoms with Crippen molar-refractivity contribution in [3.8, 4) is 0 Å². The van der Waals surface area contributed by atoms with Crippen molar-refractivity contribution >= 4 is 59.4 Å². The van der Waals surface area contributed by atoms with Gasteiger partial charge in [0, 0.05) is 14.0 Å².